The van der Waals surface area contributed by atoms with Gasteiger partial charge in [-0.15, -0.1) is 0 Å². The first-order valence-electron chi connectivity index (χ1n) is 7.37. The van der Waals surface area contributed by atoms with Gasteiger partial charge in [-0.25, -0.2) is 0 Å². The molecule has 20 heavy (non-hydrogen) atoms. The van der Waals surface area contributed by atoms with Crippen molar-refractivity contribution in [2.24, 2.45) is 0 Å². The van der Waals surface area contributed by atoms with Crippen molar-refractivity contribution in [2.45, 2.75) is 45.4 Å². The van der Waals surface area contributed by atoms with E-state index in [1.165, 1.54) is 0 Å². The van der Waals surface area contributed by atoms with E-state index in [-0.39, 0.29) is 11.8 Å². The van der Waals surface area contributed by atoms with Crippen LogP contribution in [0.4, 0.5) is 5.69 Å². The molecule has 2 rings (SSSR count). The molecule has 1 aromatic rings. The minimum absolute atomic E-state index is 0.0684. The molecule has 4 nitrogen and oxygen atoms in total. The van der Waals surface area contributed by atoms with E-state index < -0.39 is 0 Å². The van der Waals surface area contributed by atoms with Gasteiger partial charge in [0.05, 0.1) is 6.42 Å². The normalized spacial score (nSPS) is 13.6. The molecule has 1 aliphatic heterocycles. The molecule has 0 radical (unpaired) electrons. The average molecular weight is 274 g/mol. The average Bonchev–Trinajstić information content (AvgIpc) is 2.44. The van der Waals surface area contributed by atoms with E-state index in [0.29, 0.717) is 12.8 Å². The Morgan fingerprint density at radius 3 is 2.95 bits per heavy atom. The largest absolute Gasteiger partial charge is 0.356 e. The molecule has 0 unspecified atom stereocenters. The summed E-state index contributed by atoms with van der Waals surface area (Å²) < 4.78 is 0. The Labute approximate surface area is 119 Å². The van der Waals surface area contributed by atoms with E-state index in [2.05, 4.69) is 17.6 Å². The van der Waals surface area contributed by atoms with Gasteiger partial charge in [-0.2, -0.15) is 0 Å². The Bertz CT molecular complexity index is 497. The van der Waals surface area contributed by atoms with E-state index in [9.17, 15) is 9.59 Å². The summed E-state index contributed by atoms with van der Waals surface area (Å²) in [6.07, 6.45) is 5.05. The second-order valence-corrected chi connectivity index (χ2v) is 5.27. The molecule has 0 bridgehead atoms. The maximum absolute atomic E-state index is 11.8. The summed E-state index contributed by atoms with van der Waals surface area (Å²) in [7, 11) is 0. The first kappa shape index (κ1) is 14.6. The molecule has 0 saturated carbocycles. The number of amides is 2. The predicted molar refractivity (Wildman–Crippen MR) is 79.6 cm³/mol. The summed E-state index contributed by atoms with van der Waals surface area (Å²) >= 11 is 0. The van der Waals surface area contributed by atoms with Crippen LogP contribution in [0.5, 0.6) is 0 Å². The molecule has 2 amide bonds. The molecule has 4 heteroatoms. The molecule has 0 atom stereocenters. The highest BCUT2D eigenvalue weighted by Crippen LogP contribution is 2.23. The molecule has 1 heterocycles. The lowest BCUT2D eigenvalue weighted by Crippen LogP contribution is -2.26. The van der Waals surface area contributed by atoms with Crippen LogP contribution in [0.15, 0.2) is 18.2 Å². The third-order valence-electron chi connectivity index (χ3n) is 3.53. The smallest absolute Gasteiger partial charge is 0.224 e. The van der Waals surface area contributed by atoms with Gasteiger partial charge in [-0.3, -0.25) is 9.59 Å². The highest BCUT2D eigenvalue weighted by atomic mass is 16.2. The molecular weight excluding hydrogens is 252 g/mol. The Morgan fingerprint density at radius 2 is 2.15 bits per heavy atom. The Kier molecular flexibility index (Phi) is 5.16. The number of benzene rings is 1. The Balaban J connectivity index is 1.87. The fourth-order valence-electron chi connectivity index (χ4n) is 2.40. The van der Waals surface area contributed by atoms with Crippen molar-refractivity contribution in [3.63, 3.8) is 0 Å². The SMILES string of the molecule is CCCCCNC(=O)Cc1ccc2c(c1)CCC(=O)N2. The number of rotatable bonds is 6. The fourth-order valence-corrected chi connectivity index (χ4v) is 2.40. The van der Waals surface area contributed by atoms with Crippen molar-refractivity contribution in [2.75, 3.05) is 11.9 Å². The first-order valence-corrected chi connectivity index (χ1v) is 7.37. The van der Waals surface area contributed by atoms with Gasteiger partial charge in [0.25, 0.3) is 0 Å². The topological polar surface area (TPSA) is 58.2 Å². The van der Waals surface area contributed by atoms with Crippen LogP contribution in [0.2, 0.25) is 0 Å². The summed E-state index contributed by atoms with van der Waals surface area (Å²) in [5, 5.41) is 5.79. The van der Waals surface area contributed by atoms with Crippen LogP contribution in [-0.4, -0.2) is 18.4 Å². The monoisotopic (exact) mass is 274 g/mol. The first-order chi connectivity index (χ1) is 9.69. The third kappa shape index (κ3) is 4.08. The predicted octanol–water partition coefficient (Wildman–Crippen LogP) is 2.42. The number of aryl methyl sites for hydroxylation is 1. The zero-order valence-corrected chi connectivity index (χ0v) is 12.0. The van der Waals surface area contributed by atoms with Crippen LogP contribution >= 0.6 is 0 Å². The molecule has 1 aliphatic rings. The molecule has 0 aliphatic carbocycles. The van der Waals surface area contributed by atoms with Crippen molar-refractivity contribution < 1.29 is 9.59 Å². The second kappa shape index (κ2) is 7.08. The lowest BCUT2D eigenvalue weighted by atomic mass is 9.99. The van der Waals surface area contributed by atoms with Crippen LogP contribution in [0.3, 0.4) is 0 Å². The molecule has 108 valence electrons. The van der Waals surface area contributed by atoms with Gasteiger partial charge in [0.15, 0.2) is 0 Å². The van der Waals surface area contributed by atoms with Crippen molar-refractivity contribution in [3.8, 4) is 0 Å². The van der Waals surface area contributed by atoms with Gasteiger partial charge >= 0.3 is 0 Å². The summed E-state index contributed by atoms with van der Waals surface area (Å²) in [6, 6.07) is 5.84. The summed E-state index contributed by atoms with van der Waals surface area (Å²) in [5.41, 5.74) is 3.02. The number of carbonyl (C=O) groups is 2. The van der Waals surface area contributed by atoms with Gasteiger partial charge in [-0.1, -0.05) is 31.9 Å². The number of hydrogen-bond donors (Lipinski definition) is 2. The zero-order valence-electron chi connectivity index (χ0n) is 12.0. The Hall–Kier alpha value is -1.84. The highest BCUT2D eigenvalue weighted by Gasteiger charge is 2.15. The molecule has 2 N–H and O–H groups in total. The number of fused-ring (bicyclic) bond motifs is 1. The van der Waals surface area contributed by atoms with E-state index in [0.717, 1.165) is 49.0 Å². The maximum atomic E-state index is 11.8. The quantitative estimate of drug-likeness (QED) is 0.783. The van der Waals surface area contributed by atoms with E-state index >= 15 is 0 Å². The van der Waals surface area contributed by atoms with Crippen LogP contribution < -0.4 is 10.6 Å². The van der Waals surface area contributed by atoms with Crippen molar-refractivity contribution in [3.05, 3.63) is 29.3 Å². The second-order valence-electron chi connectivity index (χ2n) is 5.27. The van der Waals surface area contributed by atoms with E-state index in [4.69, 9.17) is 0 Å². The van der Waals surface area contributed by atoms with Gasteiger partial charge in [0.1, 0.15) is 0 Å². The lowest BCUT2D eigenvalue weighted by Gasteiger charge is -2.17. The van der Waals surface area contributed by atoms with Crippen LogP contribution in [-0.2, 0) is 22.4 Å². The van der Waals surface area contributed by atoms with Crippen LogP contribution in [0.25, 0.3) is 0 Å². The van der Waals surface area contributed by atoms with Gasteiger partial charge in [0, 0.05) is 18.7 Å². The Morgan fingerprint density at radius 1 is 1.30 bits per heavy atom. The zero-order chi connectivity index (χ0) is 14.4. The lowest BCUT2D eigenvalue weighted by molar-refractivity contribution is -0.120. The maximum Gasteiger partial charge on any atom is 0.224 e. The molecule has 0 fully saturated rings. The van der Waals surface area contributed by atoms with Gasteiger partial charge in [-0.05, 0) is 30.0 Å². The molecular formula is C16H22N2O2. The van der Waals surface area contributed by atoms with Crippen molar-refractivity contribution >= 4 is 17.5 Å². The summed E-state index contributed by atoms with van der Waals surface area (Å²) in [6.45, 7) is 2.90. The molecule has 0 spiro atoms. The molecule has 0 aromatic heterocycles. The summed E-state index contributed by atoms with van der Waals surface area (Å²) in [5.74, 6) is 0.139. The third-order valence-corrected chi connectivity index (χ3v) is 3.53. The number of hydrogen-bond acceptors (Lipinski definition) is 2. The van der Waals surface area contributed by atoms with Crippen molar-refractivity contribution in [1.82, 2.24) is 5.32 Å². The minimum atomic E-state index is 0.0684. The molecule has 0 saturated heterocycles. The van der Waals surface area contributed by atoms with E-state index in [1.54, 1.807) is 0 Å². The van der Waals surface area contributed by atoms with Crippen molar-refractivity contribution in [1.29, 1.82) is 0 Å². The van der Waals surface area contributed by atoms with E-state index in [1.807, 2.05) is 18.2 Å². The minimum Gasteiger partial charge on any atom is -0.356 e. The standard InChI is InChI=1S/C16H22N2O2/c1-2-3-4-9-17-16(20)11-12-5-7-14-13(10-12)6-8-15(19)18-14/h5,7,10H,2-4,6,8-9,11H2,1H3,(H,17,20)(H,18,19). The van der Waals surface area contributed by atoms with Crippen LogP contribution in [0, 0.1) is 0 Å². The van der Waals surface area contributed by atoms with Crippen LogP contribution in [0.1, 0.15) is 43.7 Å². The number of nitrogens with one attached hydrogen (secondary N) is 2. The molecule has 1 aromatic carbocycles. The highest BCUT2D eigenvalue weighted by molar-refractivity contribution is 5.94. The fraction of sp³-hybridized carbons (Fsp3) is 0.500. The number of anilines is 1. The number of carbonyl (C=O) groups excluding carboxylic acids is 2. The number of unbranched alkanes of at least 4 members (excludes halogenated alkanes) is 2. The van der Waals surface area contributed by atoms with Gasteiger partial charge in [0.2, 0.25) is 11.8 Å². The van der Waals surface area contributed by atoms with Gasteiger partial charge < -0.3 is 10.6 Å². The summed E-state index contributed by atoms with van der Waals surface area (Å²) in [4.78, 5) is 23.1.